The zero-order valence-corrected chi connectivity index (χ0v) is 21.2. The molecule has 1 fully saturated rings. The van der Waals surface area contributed by atoms with Crippen molar-refractivity contribution in [2.45, 2.75) is 42.4 Å². The Hall–Kier alpha value is -2.81. The van der Waals surface area contributed by atoms with Crippen molar-refractivity contribution in [1.82, 2.24) is 4.98 Å². The molecule has 4 nitrogen and oxygen atoms in total. The van der Waals surface area contributed by atoms with E-state index >= 15 is 0 Å². The number of anilines is 1. The number of carbonyl (C=O) groups excluding carboxylic acids is 1. The fourth-order valence-electron chi connectivity index (χ4n) is 4.53. The van der Waals surface area contributed by atoms with Crippen LogP contribution >= 0.6 is 23.4 Å². The van der Waals surface area contributed by atoms with Crippen molar-refractivity contribution in [3.63, 3.8) is 0 Å². The van der Waals surface area contributed by atoms with Crippen LogP contribution in [0.5, 0.6) is 0 Å². The number of amides is 1. The minimum Gasteiger partial charge on any atom is -0.380 e. The van der Waals surface area contributed by atoms with Gasteiger partial charge in [0.1, 0.15) is 5.60 Å². The average Bonchev–Trinajstić information content (AvgIpc) is 2.82. The van der Waals surface area contributed by atoms with Gasteiger partial charge in [0.05, 0.1) is 5.02 Å². The molecule has 0 saturated heterocycles. The van der Waals surface area contributed by atoms with Gasteiger partial charge in [-0.05, 0) is 67.2 Å². The summed E-state index contributed by atoms with van der Waals surface area (Å²) in [5.74, 6) is -5.15. The molecule has 2 aromatic carbocycles. The monoisotopic (exact) mass is 532 g/mol. The fraction of sp³-hybridized carbons (Fsp3) is 0.259. The van der Waals surface area contributed by atoms with E-state index in [1.807, 2.05) is 19.9 Å². The summed E-state index contributed by atoms with van der Waals surface area (Å²) in [5.41, 5.74) is 1.11. The number of hydrogen-bond donors (Lipinski definition) is 2. The number of aryl methyl sites for hydroxylation is 1. The average molecular weight is 533 g/mol. The topological polar surface area (TPSA) is 62.2 Å². The van der Waals surface area contributed by atoms with Crippen molar-refractivity contribution < 1.29 is 23.1 Å². The van der Waals surface area contributed by atoms with Gasteiger partial charge in [-0.15, -0.1) is 11.8 Å². The number of benzene rings is 2. The molecule has 1 unspecified atom stereocenters. The standard InChI is InChI=1S/C27H24ClF3N2O2S/c1-14-8-20(9-15(2)27(14,35)18-6-7-32-16(3)10-18)36-24-11-17(4-5-21(24)28)26(34)33-19-12-22(29)25(31)23(30)13-19/h4-7,10-13,15,20,35H,1,8-9H2,2-3H3,(H,33,34)/t15?,20-,27-/m0/s1. The van der Waals surface area contributed by atoms with Crippen molar-refractivity contribution in [3.05, 3.63) is 100 Å². The molecule has 9 heteroatoms. The van der Waals surface area contributed by atoms with Gasteiger partial charge in [-0.25, -0.2) is 13.2 Å². The van der Waals surface area contributed by atoms with Crippen LogP contribution in [0.25, 0.3) is 0 Å². The Bertz CT molecular complexity index is 1330. The van der Waals surface area contributed by atoms with E-state index in [2.05, 4.69) is 16.9 Å². The molecule has 3 atom stereocenters. The lowest BCUT2D eigenvalue weighted by molar-refractivity contribution is 0.00136. The van der Waals surface area contributed by atoms with E-state index in [-0.39, 0.29) is 22.4 Å². The van der Waals surface area contributed by atoms with Crippen LogP contribution in [0, 0.1) is 30.3 Å². The zero-order chi connectivity index (χ0) is 26.2. The molecule has 0 spiro atoms. The lowest BCUT2D eigenvalue weighted by Crippen LogP contribution is -2.41. The molecule has 3 aromatic rings. The second-order valence-electron chi connectivity index (χ2n) is 8.99. The summed E-state index contributed by atoms with van der Waals surface area (Å²) in [4.78, 5) is 17.6. The lowest BCUT2D eigenvalue weighted by Gasteiger charge is -2.43. The molecule has 0 radical (unpaired) electrons. The van der Waals surface area contributed by atoms with E-state index in [4.69, 9.17) is 11.6 Å². The van der Waals surface area contributed by atoms with Crippen LogP contribution in [-0.4, -0.2) is 21.2 Å². The summed E-state index contributed by atoms with van der Waals surface area (Å²) in [5, 5.41) is 14.4. The molecule has 1 saturated carbocycles. The Morgan fingerprint density at radius 3 is 2.53 bits per heavy atom. The Kier molecular flexibility index (Phi) is 7.50. The lowest BCUT2D eigenvalue weighted by atomic mass is 9.69. The molecule has 1 aromatic heterocycles. The maximum atomic E-state index is 13.5. The molecular weight excluding hydrogens is 509 g/mol. The normalized spacial score (nSPS) is 21.9. The van der Waals surface area contributed by atoms with Crippen molar-refractivity contribution in [2.24, 2.45) is 5.92 Å². The van der Waals surface area contributed by atoms with Gasteiger partial charge in [-0.1, -0.05) is 25.1 Å². The maximum Gasteiger partial charge on any atom is 0.255 e. The van der Waals surface area contributed by atoms with Crippen molar-refractivity contribution in [2.75, 3.05) is 5.32 Å². The van der Waals surface area contributed by atoms with Gasteiger partial charge in [0.25, 0.3) is 5.91 Å². The largest absolute Gasteiger partial charge is 0.380 e. The van der Waals surface area contributed by atoms with Crippen molar-refractivity contribution >= 4 is 35.0 Å². The first-order valence-corrected chi connectivity index (χ1v) is 12.5. The number of rotatable bonds is 5. The van der Waals surface area contributed by atoms with Gasteiger partial charge in [-0.2, -0.15) is 0 Å². The third-order valence-corrected chi connectivity index (χ3v) is 8.13. The highest BCUT2D eigenvalue weighted by Crippen LogP contribution is 2.49. The van der Waals surface area contributed by atoms with Gasteiger partial charge in [0.2, 0.25) is 0 Å². The number of nitrogens with one attached hydrogen (secondary N) is 1. The van der Waals surface area contributed by atoms with Gasteiger partial charge in [0, 0.05) is 45.4 Å². The quantitative estimate of drug-likeness (QED) is 0.273. The summed E-state index contributed by atoms with van der Waals surface area (Å²) >= 11 is 7.89. The van der Waals surface area contributed by atoms with E-state index in [0.717, 1.165) is 11.3 Å². The summed E-state index contributed by atoms with van der Waals surface area (Å²) in [7, 11) is 0. The van der Waals surface area contributed by atoms with Gasteiger partial charge >= 0.3 is 0 Å². The molecule has 4 rings (SSSR count). The first kappa shape index (κ1) is 26.3. The van der Waals surface area contributed by atoms with E-state index in [1.165, 1.54) is 17.8 Å². The van der Waals surface area contributed by atoms with Gasteiger partial charge in [-0.3, -0.25) is 9.78 Å². The number of aliphatic hydroxyl groups is 1. The summed E-state index contributed by atoms with van der Waals surface area (Å²) < 4.78 is 40.2. The number of pyridine rings is 1. The first-order chi connectivity index (χ1) is 17.0. The minimum atomic E-state index is -1.60. The van der Waals surface area contributed by atoms with E-state index < -0.39 is 29.0 Å². The molecule has 0 aliphatic heterocycles. The third-order valence-electron chi connectivity index (χ3n) is 6.41. The number of hydrogen-bond acceptors (Lipinski definition) is 4. The fourth-order valence-corrected chi connectivity index (χ4v) is 6.19. The van der Waals surface area contributed by atoms with Gasteiger partial charge < -0.3 is 10.4 Å². The molecule has 1 heterocycles. The number of carbonyl (C=O) groups is 1. The second kappa shape index (κ2) is 10.3. The van der Waals surface area contributed by atoms with Crippen LogP contribution in [0.1, 0.15) is 41.4 Å². The Balaban J connectivity index is 1.50. The van der Waals surface area contributed by atoms with Crippen LogP contribution in [0.3, 0.4) is 0 Å². The van der Waals surface area contributed by atoms with Crippen LogP contribution in [-0.2, 0) is 5.60 Å². The first-order valence-electron chi connectivity index (χ1n) is 11.2. The van der Waals surface area contributed by atoms with Crippen LogP contribution in [0.2, 0.25) is 5.02 Å². The molecule has 1 aliphatic rings. The summed E-state index contributed by atoms with van der Waals surface area (Å²) in [6, 6.07) is 9.75. The Labute approximate surface area is 216 Å². The highest BCUT2D eigenvalue weighted by molar-refractivity contribution is 8.00. The SMILES string of the molecule is C=C1C[C@H](Sc2cc(C(=O)Nc3cc(F)c(F)c(F)c3)ccc2Cl)CC(C)[C@]1(O)c1ccnc(C)c1. The van der Waals surface area contributed by atoms with E-state index in [1.54, 1.807) is 24.4 Å². The Morgan fingerprint density at radius 1 is 1.19 bits per heavy atom. The van der Waals surface area contributed by atoms with Crippen molar-refractivity contribution in [3.8, 4) is 0 Å². The molecule has 36 heavy (non-hydrogen) atoms. The highest BCUT2D eigenvalue weighted by Gasteiger charge is 2.44. The number of halogens is 4. The molecule has 1 aliphatic carbocycles. The maximum absolute atomic E-state index is 13.5. The minimum absolute atomic E-state index is 0.0480. The van der Waals surface area contributed by atoms with Crippen LogP contribution in [0.15, 0.2) is 65.7 Å². The number of aromatic nitrogens is 1. The Morgan fingerprint density at radius 2 is 1.89 bits per heavy atom. The molecular formula is C27H24ClF3N2O2S. The molecule has 188 valence electrons. The number of nitrogens with zero attached hydrogens (tertiary/aromatic N) is 1. The van der Waals surface area contributed by atoms with Crippen LogP contribution < -0.4 is 5.32 Å². The molecule has 2 N–H and O–H groups in total. The predicted octanol–water partition coefficient (Wildman–Crippen LogP) is 7.05. The number of thioether (sulfide) groups is 1. The van der Waals surface area contributed by atoms with E-state index in [9.17, 15) is 23.1 Å². The smallest absolute Gasteiger partial charge is 0.255 e. The summed E-state index contributed by atoms with van der Waals surface area (Å²) in [6.45, 7) is 8.03. The van der Waals surface area contributed by atoms with Gasteiger partial charge in [0.15, 0.2) is 17.5 Å². The second-order valence-corrected chi connectivity index (χ2v) is 10.7. The highest BCUT2D eigenvalue weighted by atomic mass is 35.5. The third kappa shape index (κ3) is 5.16. The van der Waals surface area contributed by atoms with E-state index in [0.29, 0.717) is 40.5 Å². The summed E-state index contributed by atoms with van der Waals surface area (Å²) in [6.07, 6.45) is 2.88. The van der Waals surface area contributed by atoms with Crippen LogP contribution in [0.4, 0.5) is 18.9 Å². The zero-order valence-electron chi connectivity index (χ0n) is 19.6. The van der Waals surface area contributed by atoms with Crippen molar-refractivity contribution in [1.29, 1.82) is 0 Å². The predicted molar refractivity (Wildman–Crippen MR) is 136 cm³/mol. The molecule has 1 amide bonds. The molecule has 0 bridgehead atoms.